The fourth-order valence-corrected chi connectivity index (χ4v) is 2.63. The summed E-state index contributed by atoms with van der Waals surface area (Å²) in [6, 6.07) is 12.7. The number of anilines is 4. The highest BCUT2D eigenvalue weighted by molar-refractivity contribution is 5.61. The van der Waals surface area contributed by atoms with Crippen LogP contribution in [0.3, 0.4) is 0 Å². The largest absolute Gasteiger partial charge is 0.454 e. The van der Waals surface area contributed by atoms with Gasteiger partial charge in [-0.15, -0.1) is 0 Å². The molecule has 0 aliphatic carbocycles. The standard InChI is InChI=1S/C21H22F4N6O/c1-13(2)27-16-4-3-5-17(10-16)28-19-29-18(26-11-14-6-8-15(22)9-7-14)30-20(31-19)32-12-21(23,24)25/h3-10,13,27H,11-12H2,1-2H3,(H2,26,28,29,30,31). The average Bonchev–Trinajstić information content (AvgIpc) is 2.71. The molecular formula is C21H22F4N6O. The van der Waals surface area contributed by atoms with Gasteiger partial charge in [-0.25, -0.2) is 4.39 Å². The number of nitrogens with zero attached hydrogens (tertiary/aromatic N) is 3. The van der Waals surface area contributed by atoms with Gasteiger partial charge in [0.1, 0.15) is 5.82 Å². The third-order valence-electron chi connectivity index (χ3n) is 3.92. The van der Waals surface area contributed by atoms with Crippen molar-refractivity contribution in [3.63, 3.8) is 0 Å². The Morgan fingerprint density at radius 1 is 0.938 bits per heavy atom. The van der Waals surface area contributed by atoms with Crippen LogP contribution in [0.4, 0.5) is 40.8 Å². The van der Waals surface area contributed by atoms with E-state index in [1.54, 1.807) is 18.2 Å². The molecule has 0 unspecified atom stereocenters. The Balaban J connectivity index is 1.80. The van der Waals surface area contributed by atoms with E-state index >= 15 is 0 Å². The molecule has 170 valence electrons. The lowest BCUT2D eigenvalue weighted by molar-refractivity contribution is -0.154. The predicted octanol–water partition coefficient (Wildman–Crippen LogP) is 5.13. The third-order valence-corrected chi connectivity index (χ3v) is 3.92. The maximum Gasteiger partial charge on any atom is 0.422 e. The lowest BCUT2D eigenvalue weighted by Gasteiger charge is -2.13. The van der Waals surface area contributed by atoms with Crippen molar-refractivity contribution < 1.29 is 22.3 Å². The van der Waals surface area contributed by atoms with Gasteiger partial charge < -0.3 is 20.7 Å². The molecule has 32 heavy (non-hydrogen) atoms. The fraction of sp³-hybridized carbons (Fsp3) is 0.286. The molecule has 0 aliphatic rings. The molecule has 0 saturated heterocycles. The second-order valence-electron chi connectivity index (χ2n) is 7.15. The smallest absolute Gasteiger partial charge is 0.422 e. The first-order valence-corrected chi connectivity index (χ1v) is 9.74. The molecule has 1 aromatic heterocycles. The Morgan fingerprint density at radius 3 is 2.31 bits per heavy atom. The monoisotopic (exact) mass is 450 g/mol. The fourth-order valence-electron chi connectivity index (χ4n) is 2.63. The molecule has 0 bridgehead atoms. The first kappa shape index (κ1) is 23.0. The van der Waals surface area contributed by atoms with E-state index in [9.17, 15) is 17.6 Å². The normalized spacial score (nSPS) is 11.3. The van der Waals surface area contributed by atoms with Crippen LogP contribution in [0, 0.1) is 5.82 Å². The van der Waals surface area contributed by atoms with Gasteiger partial charge >= 0.3 is 12.2 Å². The molecule has 0 spiro atoms. The number of nitrogens with one attached hydrogen (secondary N) is 3. The van der Waals surface area contributed by atoms with Crippen molar-refractivity contribution in [1.29, 1.82) is 0 Å². The Hall–Kier alpha value is -3.63. The second kappa shape index (κ2) is 10.1. The summed E-state index contributed by atoms with van der Waals surface area (Å²) < 4.78 is 55.5. The van der Waals surface area contributed by atoms with Gasteiger partial charge in [0.05, 0.1) is 0 Å². The van der Waals surface area contributed by atoms with Crippen LogP contribution in [0.25, 0.3) is 0 Å². The van der Waals surface area contributed by atoms with Crippen LogP contribution >= 0.6 is 0 Å². The zero-order valence-electron chi connectivity index (χ0n) is 17.4. The SMILES string of the molecule is CC(C)Nc1cccc(Nc2nc(NCc3ccc(F)cc3)nc(OCC(F)(F)F)n2)c1. The molecule has 0 fully saturated rings. The van der Waals surface area contributed by atoms with Crippen LogP contribution in [-0.4, -0.2) is 33.8 Å². The molecular weight excluding hydrogens is 428 g/mol. The zero-order chi connectivity index (χ0) is 23.1. The van der Waals surface area contributed by atoms with Crippen molar-refractivity contribution in [3.05, 3.63) is 59.9 Å². The molecule has 3 aromatic rings. The Morgan fingerprint density at radius 2 is 1.62 bits per heavy atom. The summed E-state index contributed by atoms with van der Waals surface area (Å²) in [6.45, 7) is 2.67. The van der Waals surface area contributed by atoms with Gasteiger partial charge in [-0.3, -0.25) is 0 Å². The molecule has 0 amide bonds. The minimum Gasteiger partial charge on any atom is -0.454 e. The number of benzene rings is 2. The maximum atomic E-state index is 13.1. The van der Waals surface area contributed by atoms with Crippen LogP contribution in [-0.2, 0) is 6.54 Å². The Kier molecular flexibility index (Phi) is 7.29. The molecule has 0 atom stereocenters. The van der Waals surface area contributed by atoms with E-state index in [1.807, 2.05) is 32.0 Å². The van der Waals surface area contributed by atoms with Crippen LogP contribution in [0.5, 0.6) is 6.01 Å². The minimum absolute atomic E-state index is 0.000425. The van der Waals surface area contributed by atoms with Gasteiger partial charge in [-0.05, 0) is 49.7 Å². The third kappa shape index (κ3) is 7.56. The van der Waals surface area contributed by atoms with Crippen LogP contribution in [0.1, 0.15) is 19.4 Å². The summed E-state index contributed by atoms with van der Waals surface area (Å²) in [7, 11) is 0. The van der Waals surface area contributed by atoms with Crippen molar-refractivity contribution in [2.75, 3.05) is 22.6 Å². The summed E-state index contributed by atoms with van der Waals surface area (Å²) in [6.07, 6.45) is -4.54. The van der Waals surface area contributed by atoms with Gasteiger partial charge in [0.15, 0.2) is 6.61 Å². The number of hydrogen-bond donors (Lipinski definition) is 3. The van der Waals surface area contributed by atoms with Gasteiger partial charge in [0.2, 0.25) is 11.9 Å². The number of rotatable bonds is 9. The summed E-state index contributed by atoms with van der Waals surface area (Å²) in [5, 5.41) is 9.08. The van der Waals surface area contributed by atoms with E-state index < -0.39 is 18.8 Å². The number of aromatic nitrogens is 3. The summed E-state index contributed by atoms with van der Waals surface area (Å²) in [5.41, 5.74) is 2.20. The van der Waals surface area contributed by atoms with Gasteiger partial charge in [-0.2, -0.15) is 28.1 Å². The van der Waals surface area contributed by atoms with Gasteiger partial charge in [0, 0.05) is 24.0 Å². The molecule has 1 heterocycles. The van der Waals surface area contributed by atoms with Crippen LogP contribution in [0.15, 0.2) is 48.5 Å². The van der Waals surface area contributed by atoms with E-state index in [-0.39, 0.29) is 30.3 Å². The molecule has 0 radical (unpaired) electrons. The summed E-state index contributed by atoms with van der Waals surface area (Å²) in [4.78, 5) is 12.0. The van der Waals surface area contributed by atoms with Crippen LogP contribution in [0.2, 0.25) is 0 Å². The van der Waals surface area contributed by atoms with Gasteiger partial charge in [-0.1, -0.05) is 18.2 Å². The molecule has 0 saturated carbocycles. The van der Waals surface area contributed by atoms with E-state index in [4.69, 9.17) is 4.74 Å². The van der Waals surface area contributed by atoms with Crippen molar-refractivity contribution in [3.8, 4) is 6.01 Å². The molecule has 2 aromatic carbocycles. The minimum atomic E-state index is -4.54. The van der Waals surface area contributed by atoms with E-state index in [1.165, 1.54) is 12.1 Å². The molecule has 3 rings (SSSR count). The Bertz CT molecular complexity index is 1030. The zero-order valence-corrected chi connectivity index (χ0v) is 17.4. The molecule has 3 N–H and O–H groups in total. The summed E-state index contributed by atoms with van der Waals surface area (Å²) >= 11 is 0. The van der Waals surface area contributed by atoms with Crippen molar-refractivity contribution in [2.45, 2.75) is 32.6 Å². The lowest BCUT2D eigenvalue weighted by atomic mass is 10.2. The summed E-state index contributed by atoms with van der Waals surface area (Å²) in [5.74, 6) is -0.377. The number of hydrogen-bond acceptors (Lipinski definition) is 7. The Labute approximate surface area is 182 Å². The van der Waals surface area contributed by atoms with E-state index in [0.29, 0.717) is 5.69 Å². The first-order valence-electron chi connectivity index (χ1n) is 9.74. The highest BCUT2D eigenvalue weighted by atomic mass is 19.4. The second-order valence-corrected chi connectivity index (χ2v) is 7.15. The maximum absolute atomic E-state index is 13.1. The van der Waals surface area contributed by atoms with Crippen LogP contribution < -0.4 is 20.7 Å². The number of ether oxygens (including phenoxy) is 1. The lowest BCUT2D eigenvalue weighted by Crippen LogP contribution is -2.21. The van der Waals surface area contributed by atoms with E-state index in [2.05, 4.69) is 30.9 Å². The number of alkyl halides is 3. The number of halogens is 4. The van der Waals surface area contributed by atoms with Crippen molar-refractivity contribution in [1.82, 2.24) is 15.0 Å². The quantitative estimate of drug-likeness (QED) is 0.390. The van der Waals surface area contributed by atoms with E-state index in [0.717, 1.165) is 11.3 Å². The first-order chi connectivity index (χ1) is 15.2. The highest BCUT2D eigenvalue weighted by Gasteiger charge is 2.29. The average molecular weight is 450 g/mol. The molecule has 7 nitrogen and oxygen atoms in total. The van der Waals surface area contributed by atoms with Crippen molar-refractivity contribution in [2.24, 2.45) is 0 Å². The molecule has 0 aliphatic heterocycles. The van der Waals surface area contributed by atoms with Gasteiger partial charge in [0.25, 0.3) is 0 Å². The predicted molar refractivity (Wildman–Crippen MR) is 114 cm³/mol. The van der Waals surface area contributed by atoms with Crippen molar-refractivity contribution >= 4 is 23.3 Å². The molecule has 11 heteroatoms. The topological polar surface area (TPSA) is 84.0 Å². The highest BCUT2D eigenvalue weighted by Crippen LogP contribution is 2.22.